The molecule has 1 amide bonds. The number of nitrogens with zero attached hydrogens (tertiary/aromatic N) is 3. The highest BCUT2D eigenvalue weighted by atomic mass is 16.5. The summed E-state index contributed by atoms with van der Waals surface area (Å²) in [5, 5.41) is 6.99. The van der Waals surface area contributed by atoms with Crippen LogP contribution in [0.5, 0.6) is 5.75 Å². The quantitative estimate of drug-likeness (QED) is 0.826. The lowest BCUT2D eigenvalue weighted by atomic mass is 10.1. The first-order valence-electron chi connectivity index (χ1n) is 8.59. The van der Waals surface area contributed by atoms with Crippen LogP contribution in [0.1, 0.15) is 36.2 Å². The van der Waals surface area contributed by atoms with Crippen molar-refractivity contribution in [3.63, 3.8) is 0 Å². The van der Waals surface area contributed by atoms with Gasteiger partial charge in [-0.1, -0.05) is 17.3 Å². The van der Waals surface area contributed by atoms with Crippen LogP contribution in [0.4, 0.5) is 0 Å². The maximum absolute atomic E-state index is 12.2. The zero-order chi connectivity index (χ0) is 17.6. The summed E-state index contributed by atoms with van der Waals surface area (Å²) in [5.41, 5.74) is 1.17. The van der Waals surface area contributed by atoms with Crippen LogP contribution >= 0.6 is 0 Å². The van der Waals surface area contributed by atoms with E-state index in [4.69, 9.17) is 9.26 Å². The molecule has 0 unspecified atom stereocenters. The minimum Gasteiger partial charge on any atom is -0.497 e. The number of aromatic nitrogens is 2. The molecule has 134 valence electrons. The summed E-state index contributed by atoms with van der Waals surface area (Å²) in [6.45, 7) is 3.64. The molecule has 0 bridgehead atoms. The third-order valence-corrected chi connectivity index (χ3v) is 4.45. The predicted octanol–water partition coefficient (Wildman–Crippen LogP) is 1.88. The van der Waals surface area contributed by atoms with Crippen molar-refractivity contribution in [2.75, 3.05) is 26.7 Å². The standard InChI is InChI=1S/C18H24N4O3/c1-13-20-18(21-25-13)16-4-3-11-22(16)12-17(23)19-10-9-14-5-7-15(24-2)8-6-14/h5-8,16H,3-4,9-12H2,1-2H3,(H,19,23)/t16-/m1/s1. The van der Waals surface area contributed by atoms with Crippen molar-refractivity contribution >= 4 is 5.91 Å². The normalized spacial score (nSPS) is 17.6. The highest BCUT2D eigenvalue weighted by Gasteiger charge is 2.30. The van der Waals surface area contributed by atoms with E-state index < -0.39 is 0 Å². The third-order valence-electron chi connectivity index (χ3n) is 4.45. The number of hydrogen-bond donors (Lipinski definition) is 1. The van der Waals surface area contributed by atoms with E-state index in [-0.39, 0.29) is 11.9 Å². The minimum absolute atomic E-state index is 0.0284. The first-order chi connectivity index (χ1) is 12.2. The molecule has 1 aliphatic rings. The number of likely N-dealkylation sites (tertiary alicyclic amines) is 1. The van der Waals surface area contributed by atoms with Crippen LogP contribution in [0.15, 0.2) is 28.8 Å². The maximum atomic E-state index is 12.2. The first kappa shape index (κ1) is 17.4. The summed E-state index contributed by atoms with van der Waals surface area (Å²) in [4.78, 5) is 18.7. The molecule has 1 saturated heterocycles. The number of ether oxygens (including phenoxy) is 1. The van der Waals surface area contributed by atoms with Gasteiger partial charge in [0.1, 0.15) is 5.75 Å². The molecule has 0 saturated carbocycles. The van der Waals surface area contributed by atoms with Crippen molar-refractivity contribution in [3.8, 4) is 5.75 Å². The molecule has 1 aliphatic heterocycles. The van der Waals surface area contributed by atoms with Gasteiger partial charge in [0, 0.05) is 13.5 Å². The van der Waals surface area contributed by atoms with E-state index in [2.05, 4.69) is 20.4 Å². The highest BCUT2D eigenvalue weighted by molar-refractivity contribution is 5.78. The van der Waals surface area contributed by atoms with Gasteiger partial charge in [-0.05, 0) is 43.5 Å². The molecule has 1 aromatic carbocycles. The van der Waals surface area contributed by atoms with Crippen LogP contribution in [0.25, 0.3) is 0 Å². The molecule has 1 N–H and O–H groups in total. The second-order valence-electron chi connectivity index (χ2n) is 6.25. The monoisotopic (exact) mass is 344 g/mol. The Morgan fingerprint density at radius 1 is 1.40 bits per heavy atom. The van der Waals surface area contributed by atoms with Gasteiger partial charge in [-0.2, -0.15) is 4.98 Å². The maximum Gasteiger partial charge on any atom is 0.234 e. The van der Waals surface area contributed by atoms with Crippen LogP contribution in [-0.4, -0.2) is 47.7 Å². The number of nitrogens with one attached hydrogen (secondary N) is 1. The average molecular weight is 344 g/mol. The third kappa shape index (κ3) is 4.57. The van der Waals surface area contributed by atoms with Crippen molar-refractivity contribution < 1.29 is 14.1 Å². The first-order valence-corrected chi connectivity index (χ1v) is 8.59. The molecule has 7 heteroatoms. The molecule has 25 heavy (non-hydrogen) atoms. The zero-order valence-electron chi connectivity index (χ0n) is 14.7. The summed E-state index contributed by atoms with van der Waals surface area (Å²) in [6.07, 6.45) is 2.79. The molecule has 0 aliphatic carbocycles. The lowest BCUT2D eigenvalue weighted by Gasteiger charge is -2.21. The van der Waals surface area contributed by atoms with Gasteiger partial charge in [0.2, 0.25) is 11.8 Å². The Balaban J connectivity index is 1.45. The van der Waals surface area contributed by atoms with Crippen LogP contribution in [0.3, 0.4) is 0 Å². The van der Waals surface area contributed by atoms with Gasteiger partial charge < -0.3 is 14.6 Å². The molecular formula is C18H24N4O3. The van der Waals surface area contributed by atoms with E-state index in [9.17, 15) is 4.79 Å². The van der Waals surface area contributed by atoms with E-state index in [1.165, 1.54) is 5.56 Å². The number of carbonyl (C=O) groups is 1. The molecule has 1 atom stereocenters. The summed E-state index contributed by atoms with van der Waals surface area (Å²) in [5.74, 6) is 2.11. The van der Waals surface area contributed by atoms with E-state index in [0.717, 1.165) is 31.6 Å². The Hall–Kier alpha value is -2.41. The molecule has 2 heterocycles. The summed E-state index contributed by atoms with van der Waals surface area (Å²) in [7, 11) is 1.65. The second kappa shape index (κ2) is 8.11. The van der Waals surface area contributed by atoms with Crippen molar-refractivity contribution in [1.29, 1.82) is 0 Å². The van der Waals surface area contributed by atoms with E-state index in [1.54, 1.807) is 14.0 Å². The van der Waals surface area contributed by atoms with Crippen molar-refractivity contribution in [1.82, 2.24) is 20.4 Å². The van der Waals surface area contributed by atoms with Crippen LogP contribution in [0.2, 0.25) is 0 Å². The molecule has 1 fully saturated rings. The Morgan fingerprint density at radius 3 is 2.88 bits per heavy atom. The number of hydrogen-bond acceptors (Lipinski definition) is 6. The largest absolute Gasteiger partial charge is 0.497 e. The summed E-state index contributed by atoms with van der Waals surface area (Å²) < 4.78 is 10.2. The van der Waals surface area contributed by atoms with Crippen molar-refractivity contribution in [2.45, 2.75) is 32.2 Å². The average Bonchev–Trinajstić information content (AvgIpc) is 3.24. The van der Waals surface area contributed by atoms with E-state index in [1.807, 2.05) is 24.3 Å². The molecule has 0 radical (unpaired) electrons. The SMILES string of the molecule is COc1ccc(CCNC(=O)CN2CCC[C@@H]2c2noc(C)n2)cc1. The number of carbonyl (C=O) groups excluding carboxylic acids is 1. The smallest absolute Gasteiger partial charge is 0.234 e. The Bertz CT molecular complexity index is 699. The molecule has 0 spiro atoms. The van der Waals surface area contributed by atoms with Gasteiger partial charge >= 0.3 is 0 Å². The van der Waals surface area contributed by atoms with Crippen LogP contribution < -0.4 is 10.1 Å². The highest BCUT2D eigenvalue weighted by Crippen LogP contribution is 2.29. The van der Waals surface area contributed by atoms with Gasteiger partial charge in [0.05, 0.1) is 19.7 Å². The fourth-order valence-corrected chi connectivity index (χ4v) is 3.14. The Kier molecular flexibility index (Phi) is 5.65. The lowest BCUT2D eigenvalue weighted by Crippen LogP contribution is -2.38. The molecule has 1 aromatic heterocycles. The molecular weight excluding hydrogens is 320 g/mol. The molecule has 7 nitrogen and oxygen atoms in total. The number of rotatable bonds is 7. The van der Waals surface area contributed by atoms with Gasteiger partial charge in [-0.3, -0.25) is 9.69 Å². The topological polar surface area (TPSA) is 80.5 Å². The predicted molar refractivity (Wildman–Crippen MR) is 92.3 cm³/mol. The lowest BCUT2D eigenvalue weighted by molar-refractivity contribution is -0.122. The van der Waals surface area contributed by atoms with Crippen LogP contribution in [0, 0.1) is 6.92 Å². The summed E-state index contributed by atoms with van der Waals surface area (Å²) in [6, 6.07) is 7.96. The van der Waals surface area contributed by atoms with Gasteiger partial charge in [-0.15, -0.1) is 0 Å². The molecule has 3 rings (SSSR count). The fraction of sp³-hybridized carbons (Fsp3) is 0.500. The van der Waals surface area contributed by atoms with Crippen molar-refractivity contribution in [3.05, 3.63) is 41.5 Å². The number of benzene rings is 1. The number of amides is 1. The van der Waals surface area contributed by atoms with Crippen molar-refractivity contribution in [2.24, 2.45) is 0 Å². The summed E-state index contributed by atoms with van der Waals surface area (Å²) >= 11 is 0. The Labute approximate surface area is 147 Å². The Morgan fingerprint density at radius 2 is 2.20 bits per heavy atom. The van der Waals surface area contributed by atoms with Crippen LogP contribution in [-0.2, 0) is 11.2 Å². The number of aryl methyl sites for hydroxylation is 1. The minimum atomic E-state index is 0.0284. The number of methoxy groups -OCH3 is 1. The second-order valence-corrected chi connectivity index (χ2v) is 6.25. The zero-order valence-corrected chi connectivity index (χ0v) is 14.7. The van der Waals surface area contributed by atoms with Gasteiger partial charge in [-0.25, -0.2) is 0 Å². The van der Waals surface area contributed by atoms with E-state index >= 15 is 0 Å². The fourth-order valence-electron chi connectivity index (χ4n) is 3.14. The van der Waals surface area contributed by atoms with E-state index in [0.29, 0.717) is 24.8 Å². The molecule has 2 aromatic rings. The van der Waals surface area contributed by atoms with Gasteiger partial charge in [0.15, 0.2) is 5.82 Å². The van der Waals surface area contributed by atoms with Gasteiger partial charge in [0.25, 0.3) is 0 Å².